The second-order valence-corrected chi connectivity index (χ2v) is 13.5. The summed E-state index contributed by atoms with van der Waals surface area (Å²) in [4.78, 5) is 22.5. The monoisotopic (exact) mass is 746 g/mol. The first-order valence-electron chi connectivity index (χ1n) is 15.7. The molecule has 4 nitrogen and oxygen atoms in total. The number of hydrogen-bond donors (Lipinski definition) is 0. The molecule has 0 radical (unpaired) electrons. The van der Waals surface area contributed by atoms with Crippen LogP contribution in [0, 0.1) is 0 Å². The van der Waals surface area contributed by atoms with Gasteiger partial charge < -0.3 is 0 Å². The van der Waals surface area contributed by atoms with Crippen LogP contribution in [0.2, 0.25) is 0 Å². The molecule has 0 saturated carbocycles. The highest BCUT2D eigenvalue weighted by atomic mass is 79.9. The van der Waals surface area contributed by atoms with E-state index in [2.05, 4.69) is 153 Å². The average molecular weight is 749 g/mol. The molecule has 2 heterocycles. The molecule has 6 aromatic carbocycles. The summed E-state index contributed by atoms with van der Waals surface area (Å²) in [7, 11) is 0. The topological polar surface area (TPSA) is 49.4 Å². The number of amidine groups is 2. The summed E-state index contributed by atoms with van der Waals surface area (Å²) in [5.74, 6) is 1.28. The van der Waals surface area contributed by atoms with Crippen LogP contribution in [-0.4, -0.2) is 23.1 Å². The predicted octanol–water partition coefficient (Wildman–Crippen LogP) is 10.2. The number of rotatable bonds is 7. The minimum atomic E-state index is -1.16. The van der Waals surface area contributed by atoms with E-state index in [-0.39, 0.29) is 0 Å². The smallest absolute Gasteiger partial charge is 0.165 e. The maximum Gasteiger partial charge on any atom is 0.165 e. The van der Waals surface area contributed by atoms with Crippen molar-refractivity contribution in [3.8, 4) is 0 Å². The Morgan fingerprint density at radius 2 is 0.646 bits per heavy atom. The number of nitrogens with zero attached hydrogens (tertiary/aromatic N) is 4. The van der Waals surface area contributed by atoms with E-state index in [0.29, 0.717) is 11.7 Å². The molecule has 2 unspecified atom stereocenters. The Kier molecular flexibility index (Phi) is 7.91. The van der Waals surface area contributed by atoms with Gasteiger partial charge in [-0.2, -0.15) is 0 Å². The summed E-state index contributed by atoms with van der Waals surface area (Å²) in [6.45, 7) is 0. The van der Waals surface area contributed by atoms with Crippen LogP contribution in [0.15, 0.2) is 199 Å². The summed E-state index contributed by atoms with van der Waals surface area (Å²) >= 11 is 7.22. The van der Waals surface area contributed by atoms with Crippen LogP contribution in [0.4, 0.5) is 0 Å². The first-order chi connectivity index (χ1) is 23.6. The highest BCUT2D eigenvalue weighted by Gasteiger charge is 2.64. The van der Waals surface area contributed by atoms with E-state index >= 15 is 0 Å². The Morgan fingerprint density at radius 3 is 0.979 bits per heavy atom. The Morgan fingerprint density at radius 1 is 0.333 bits per heavy atom. The second kappa shape index (κ2) is 12.5. The van der Waals surface area contributed by atoms with Crippen LogP contribution in [0.25, 0.3) is 0 Å². The maximum atomic E-state index is 5.80. The Balaban J connectivity index is 1.55. The van der Waals surface area contributed by atoms with E-state index < -0.39 is 11.1 Å². The first kappa shape index (κ1) is 30.3. The quantitative estimate of drug-likeness (QED) is 0.156. The third-order valence-electron chi connectivity index (χ3n) is 8.87. The van der Waals surface area contributed by atoms with Crippen LogP contribution in [0.5, 0.6) is 0 Å². The zero-order chi connectivity index (χ0) is 32.6. The summed E-state index contributed by atoms with van der Waals surface area (Å²) < 4.78 is 1.98. The normalized spacial score (nSPS) is 20.1. The van der Waals surface area contributed by atoms with Gasteiger partial charge in [0.1, 0.15) is 0 Å². The lowest BCUT2D eigenvalue weighted by Crippen LogP contribution is -2.55. The molecule has 2 aliphatic rings. The van der Waals surface area contributed by atoms with Crippen molar-refractivity contribution in [2.24, 2.45) is 20.0 Å². The van der Waals surface area contributed by atoms with Gasteiger partial charge in [0.05, 0.1) is 11.4 Å². The molecular weight excluding hydrogens is 720 g/mol. The minimum absolute atomic E-state index is 0.639. The Bertz CT molecular complexity index is 2050. The largest absolute Gasteiger partial charge is 0.245 e. The highest BCUT2D eigenvalue weighted by Crippen LogP contribution is 2.55. The third kappa shape index (κ3) is 5.04. The molecule has 0 fully saturated rings. The molecule has 0 saturated heterocycles. The number of halogens is 2. The lowest BCUT2D eigenvalue weighted by molar-refractivity contribution is 0.420. The third-order valence-corrected chi connectivity index (χ3v) is 9.93. The Hall–Kier alpha value is -5.04. The van der Waals surface area contributed by atoms with E-state index in [0.717, 1.165) is 53.7 Å². The van der Waals surface area contributed by atoms with Crippen molar-refractivity contribution in [1.82, 2.24) is 0 Å². The molecule has 6 aromatic rings. The molecule has 48 heavy (non-hydrogen) atoms. The van der Waals surface area contributed by atoms with Crippen molar-refractivity contribution in [3.63, 3.8) is 0 Å². The van der Waals surface area contributed by atoms with E-state index in [1.807, 2.05) is 48.5 Å². The van der Waals surface area contributed by atoms with Crippen LogP contribution in [-0.2, 0) is 11.1 Å². The van der Waals surface area contributed by atoms with Crippen LogP contribution >= 0.6 is 31.9 Å². The van der Waals surface area contributed by atoms with Crippen molar-refractivity contribution >= 4 is 55.0 Å². The molecule has 2 atom stereocenters. The lowest BCUT2D eigenvalue weighted by Gasteiger charge is -2.44. The van der Waals surface area contributed by atoms with E-state index in [9.17, 15) is 0 Å². The van der Waals surface area contributed by atoms with Crippen molar-refractivity contribution in [3.05, 3.63) is 212 Å². The molecule has 0 aromatic heterocycles. The maximum absolute atomic E-state index is 5.80. The van der Waals surface area contributed by atoms with Crippen LogP contribution in [0.1, 0.15) is 33.4 Å². The van der Waals surface area contributed by atoms with Crippen molar-refractivity contribution in [2.45, 2.75) is 11.1 Å². The lowest BCUT2D eigenvalue weighted by atomic mass is 9.62. The zero-order valence-corrected chi connectivity index (χ0v) is 28.9. The minimum Gasteiger partial charge on any atom is -0.245 e. The average Bonchev–Trinajstić information content (AvgIpc) is 3.76. The summed E-state index contributed by atoms with van der Waals surface area (Å²) in [5, 5.41) is 0. The molecule has 0 amide bonds. The van der Waals surface area contributed by atoms with Gasteiger partial charge in [-0.05, 0) is 46.5 Å². The van der Waals surface area contributed by atoms with Crippen molar-refractivity contribution in [2.75, 3.05) is 0 Å². The highest BCUT2D eigenvalue weighted by molar-refractivity contribution is 9.10. The van der Waals surface area contributed by atoms with Gasteiger partial charge in [0.2, 0.25) is 0 Å². The molecule has 8 rings (SSSR count). The molecule has 0 spiro atoms. The number of aliphatic imine (C=N–C) groups is 4. The van der Waals surface area contributed by atoms with E-state index in [4.69, 9.17) is 20.0 Å². The molecule has 6 heteroatoms. The predicted molar refractivity (Wildman–Crippen MR) is 204 cm³/mol. The number of benzene rings is 6. The fourth-order valence-electron chi connectivity index (χ4n) is 6.73. The fraction of sp³-hybridized carbons (Fsp3) is 0.0476. The Labute approximate surface area is 296 Å². The second-order valence-electron chi connectivity index (χ2n) is 11.7. The fourth-order valence-corrected chi connectivity index (χ4v) is 7.25. The van der Waals surface area contributed by atoms with Gasteiger partial charge in [-0.1, -0.05) is 177 Å². The molecule has 0 bridgehead atoms. The first-order valence-corrected chi connectivity index (χ1v) is 17.3. The molecule has 230 valence electrons. The SMILES string of the molecule is Brc1ccc(C2=NC(c3ccccc3)(C3(c4ccccc4)N=C(c4ccc(Br)cc4)N=C3c3ccccc3)C(c3ccccc3)=N2)cc1. The molecule has 2 aliphatic heterocycles. The molecular formula is C42H28Br2N4. The summed E-state index contributed by atoms with van der Waals surface area (Å²) in [6.07, 6.45) is 0. The summed E-state index contributed by atoms with van der Waals surface area (Å²) in [5.41, 5.74) is 4.99. The van der Waals surface area contributed by atoms with E-state index in [1.54, 1.807) is 0 Å². The summed E-state index contributed by atoms with van der Waals surface area (Å²) in [6, 6.07) is 58.0. The van der Waals surface area contributed by atoms with E-state index in [1.165, 1.54) is 0 Å². The van der Waals surface area contributed by atoms with Crippen molar-refractivity contribution < 1.29 is 0 Å². The molecule has 0 aliphatic carbocycles. The van der Waals surface area contributed by atoms with Gasteiger partial charge in [-0.15, -0.1) is 0 Å². The van der Waals surface area contributed by atoms with Gasteiger partial charge >= 0.3 is 0 Å². The zero-order valence-electron chi connectivity index (χ0n) is 25.7. The van der Waals surface area contributed by atoms with Gasteiger partial charge in [0.25, 0.3) is 0 Å². The van der Waals surface area contributed by atoms with Crippen LogP contribution in [0.3, 0.4) is 0 Å². The van der Waals surface area contributed by atoms with Gasteiger partial charge in [0.15, 0.2) is 22.7 Å². The number of hydrogen-bond acceptors (Lipinski definition) is 4. The van der Waals surface area contributed by atoms with Crippen LogP contribution < -0.4 is 0 Å². The van der Waals surface area contributed by atoms with Gasteiger partial charge in [-0.3, -0.25) is 0 Å². The molecule has 0 N–H and O–H groups in total. The van der Waals surface area contributed by atoms with Crippen molar-refractivity contribution in [1.29, 1.82) is 0 Å². The van der Waals surface area contributed by atoms with Gasteiger partial charge in [-0.25, -0.2) is 20.0 Å². The van der Waals surface area contributed by atoms with Gasteiger partial charge in [0, 0.05) is 20.1 Å². The standard InChI is InChI=1S/C42H28Br2N4/c43-35-25-21-31(22-26-35)39-45-37(29-13-5-1-6-14-29)41(47-39,33-17-9-3-10-18-33)42(34-19-11-4-12-20-34)38(30-15-7-2-8-16-30)46-40(48-42)32-23-27-36(44)28-24-32/h1-28H.